The number of benzene rings is 2. The van der Waals surface area contributed by atoms with E-state index in [1.165, 1.54) is 0 Å². The summed E-state index contributed by atoms with van der Waals surface area (Å²) >= 11 is 24.1. The zero-order valence-corrected chi connectivity index (χ0v) is 13.1. The van der Waals surface area contributed by atoms with E-state index in [0.29, 0.717) is 27.3 Å². The molecule has 5 heteroatoms. The summed E-state index contributed by atoms with van der Waals surface area (Å²) in [7, 11) is 0. The Kier molecular flexibility index (Phi) is 4.86. The van der Waals surface area contributed by atoms with Crippen LogP contribution in [0.15, 0.2) is 30.3 Å². The zero-order valence-electron chi connectivity index (χ0n) is 10.1. The average molecular weight is 335 g/mol. The number of hydrogen-bond donors (Lipinski definition) is 1. The molecule has 0 aliphatic rings. The highest BCUT2D eigenvalue weighted by atomic mass is 35.5. The van der Waals surface area contributed by atoms with E-state index in [1.54, 1.807) is 12.1 Å². The molecule has 1 N–H and O–H groups in total. The molecule has 2 aromatic rings. The van der Waals surface area contributed by atoms with Crippen molar-refractivity contribution in [2.75, 3.05) is 5.32 Å². The van der Waals surface area contributed by atoms with Gasteiger partial charge in [-0.1, -0.05) is 58.5 Å². The molecule has 0 fully saturated rings. The summed E-state index contributed by atoms with van der Waals surface area (Å²) in [4.78, 5) is 0. The maximum atomic E-state index is 6.10. The van der Waals surface area contributed by atoms with Crippen LogP contribution in [0.3, 0.4) is 0 Å². The summed E-state index contributed by atoms with van der Waals surface area (Å²) < 4.78 is 0. The lowest BCUT2D eigenvalue weighted by atomic mass is 10.1. The van der Waals surface area contributed by atoms with Crippen LogP contribution < -0.4 is 5.32 Å². The minimum Gasteiger partial charge on any atom is -0.379 e. The first kappa shape index (κ1) is 14.8. The Morgan fingerprint density at radius 3 is 2.11 bits per heavy atom. The predicted octanol–water partition coefficient (Wildman–Crippen LogP) is 6.22. The van der Waals surface area contributed by atoms with Crippen LogP contribution in [0.4, 0.5) is 5.69 Å². The zero-order chi connectivity index (χ0) is 14.0. The van der Waals surface area contributed by atoms with Crippen molar-refractivity contribution >= 4 is 52.1 Å². The van der Waals surface area contributed by atoms with Gasteiger partial charge in [-0.3, -0.25) is 0 Å². The Bertz CT molecular complexity index is 587. The molecule has 0 saturated heterocycles. The van der Waals surface area contributed by atoms with Crippen LogP contribution in [0.5, 0.6) is 0 Å². The monoisotopic (exact) mass is 333 g/mol. The molecule has 0 atom stereocenters. The summed E-state index contributed by atoms with van der Waals surface area (Å²) in [6.45, 7) is 2.55. The van der Waals surface area contributed by atoms with Crippen molar-refractivity contribution in [2.24, 2.45) is 0 Å². The van der Waals surface area contributed by atoms with Crippen molar-refractivity contribution in [3.05, 3.63) is 61.5 Å². The van der Waals surface area contributed by atoms with Gasteiger partial charge in [0.25, 0.3) is 0 Å². The Labute approximate surface area is 132 Å². The smallest absolute Gasteiger partial charge is 0.0722 e. The van der Waals surface area contributed by atoms with E-state index in [2.05, 4.69) is 5.32 Å². The fourth-order valence-electron chi connectivity index (χ4n) is 1.65. The molecule has 0 unspecified atom stereocenters. The lowest BCUT2D eigenvalue weighted by Crippen LogP contribution is -2.01. The quantitative estimate of drug-likeness (QED) is 0.702. The van der Waals surface area contributed by atoms with Gasteiger partial charge in [-0.2, -0.15) is 0 Å². The van der Waals surface area contributed by atoms with Gasteiger partial charge in [0.05, 0.1) is 15.7 Å². The van der Waals surface area contributed by atoms with E-state index in [9.17, 15) is 0 Å². The number of rotatable bonds is 3. The van der Waals surface area contributed by atoms with Gasteiger partial charge in [0, 0.05) is 16.6 Å². The minimum absolute atomic E-state index is 0.496. The molecule has 0 aliphatic carbocycles. The topological polar surface area (TPSA) is 12.0 Å². The molecule has 0 bridgehead atoms. The molecule has 0 spiro atoms. The first-order valence-corrected chi connectivity index (χ1v) is 7.12. The highest BCUT2D eigenvalue weighted by Gasteiger charge is 2.07. The van der Waals surface area contributed by atoms with Crippen molar-refractivity contribution in [3.63, 3.8) is 0 Å². The molecule has 2 aromatic carbocycles. The fourth-order valence-corrected chi connectivity index (χ4v) is 2.80. The summed E-state index contributed by atoms with van der Waals surface area (Å²) in [6, 6.07) is 9.21. The van der Waals surface area contributed by atoms with Crippen molar-refractivity contribution in [1.29, 1.82) is 0 Å². The average Bonchev–Trinajstić information content (AvgIpc) is 2.32. The number of anilines is 1. The van der Waals surface area contributed by atoms with Gasteiger partial charge in [-0.25, -0.2) is 0 Å². The summed E-state index contributed by atoms with van der Waals surface area (Å²) in [6.07, 6.45) is 0. The normalized spacial score (nSPS) is 10.6. The van der Waals surface area contributed by atoms with Gasteiger partial charge in [0.2, 0.25) is 0 Å². The highest BCUT2D eigenvalue weighted by molar-refractivity contribution is 6.41. The van der Waals surface area contributed by atoms with E-state index in [4.69, 9.17) is 46.4 Å². The third-order valence-corrected chi connectivity index (χ3v) is 3.93. The summed E-state index contributed by atoms with van der Waals surface area (Å²) in [5.41, 5.74) is 2.77. The molecular formula is C14H11Cl4N. The molecule has 0 aromatic heterocycles. The summed E-state index contributed by atoms with van der Waals surface area (Å²) in [5.74, 6) is 0. The Hall–Kier alpha value is -0.600. The second-order valence-electron chi connectivity index (χ2n) is 4.18. The molecule has 0 amide bonds. The van der Waals surface area contributed by atoms with Crippen LogP contribution in [0.2, 0.25) is 20.1 Å². The number of aryl methyl sites for hydroxylation is 1. The number of nitrogens with one attached hydrogen (secondary N) is 1. The number of hydrogen-bond acceptors (Lipinski definition) is 1. The maximum absolute atomic E-state index is 6.10. The van der Waals surface area contributed by atoms with E-state index < -0.39 is 0 Å². The van der Waals surface area contributed by atoms with Crippen molar-refractivity contribution in [2.45, 2.75) is 13.5 Å². The van der Waals surface area contributed by atoms with E-state index in [-0.39, 0.29) is 0 Å². The maximum Gasteiger partial charge on any atom is 0.0722 e. The van der Waals surface area contributed by atoms with Crippen LogP contribution in [0.1, 0.15) is 11.1 Å². The standard InChI is InChI=1S/C14H11Cl4N/c1-8-2-3-9(4-11(8)16)7-19-14-12(17)5-10(15)6-13(14)18/h2-6,19H,7H2,1H3. The van der Waals surface area contributed by atoms with Crippen molar-refractivity contribution in [3.8, 4) is 0 Å². The molecule has 1 nitrogen and oxygen atoms in total. The van der Waals surface area contributed by atoms with Crippen LogP contribution >= 0.6 is 46.4 Å². The van der Waals surface area contributed by atoms with Crippen LogP contribution in [-0.2, 0) is 6.54 Å². The van der Waals surface area contributed by atoms with E-state index >= 15 is 0 Å². The van der Waals surface area contributed by atoms with Crippen LogP contribution in [-0.4, -0.2) is 0 Å². The van der Waals surface area contributed by atoms with Gasteiger partial charge < -0.3 is 5.32 Å². The fraction of sp³-hybridized carbons (Fsp3) is 0.143. The van der Waals surface area contributed by atoms with Gasteiger partial charge in [0.1, 0.15) is 0 Å². The first-order valence-electron chi connectivity index (χ1n) is 5.61. The van der Waals surface area contributed by atoms with Crippen LogP contribution in [0.25, 0.3) is 0 Å². The molecule has 19 heavy (non-hydrogen) atoms. The third-order valence-electron chi connectivity index (χ3n) is 2.71. The SMILES string of the molecule is Cc1ccc(CNc2c(Cl)cc(Cl)cc2Cl)cc1Cl. The lowest BCUT2D eigenvalue weighted by Gasteiger charge is -2.11. The Balaban J connectivity index is 2.16. The molecule has 2 rings (SSSR count). The largest absolute Gasteiger partial charge is 0.379 e. The number of halogens is 4. The lowest BCUT2D eigenvalue weighted by molar-refractivity contribution is 1.14. The minimum atomic E-state index is 0.496. The second-order valence-corrected chi connectivity index (χ2v) is 5.84. The highest BCUT2D eigenvalue weighted by Crippen LogP contribution is 2.34. The van der Waals surface area contributed by atoms with Crippen LogP contribution in [0, 0.1) is 6.92 Å². The molecular weight excluding hydrogens is 324 g/mol. The van der Waals surface area contributed by atoms with Gasteiger partial charge in [-0.05, 0) is 36.2 Å². The Morgan fingerprint density at radius 2 is 1.53 bits per heavy atom. The van der Waals surface area contributed by atoms with Gasteiger partial charge in [0.15, 0.2) is 0 Å². The predicted molar refractivity (Wildman–Crippen MR) is 85.0 cm³/mol. The third kappa shape index (κ3) is 3.70. The van der Waals surface area contributed by atoms with E-state index in [1.807, 2.05) is 25.1 Å². The molecule has 0 saturated carbocycles. The summed E-state index contributed by atoms with van der Waals surface area (Å²) in [5, 5.41) is 5.44. The molecule has 0 radical (unpaired) electrons. The second kappa shape index (κ2) is 6.23. The van der Waals surface area contributed by atoms with Gasteiger partial charge in [-0.15, -0.1) is 0 Å². The van der Waals surface area contributed by atoms with Crippen molar-refractivity contribution < 1.29 is 0 Å². The van der Waals surface area contributed by atoms with Gasteiger partial charge >= 0.3 is 0 Å². The molecule has 0 heterocycles. The first-order chi connectivity index (χ1) is 8.97. The Morgan fingerprint density at radius 1 is 0.895 bits per heavy atom. The van der Waals surface area contributed by atoms with Crippen molar-refractivity contribution in [1.82, 2.24) is 0 Å². The molecule has 100 valence electrons. The molecule has 0 aliphatic heterocycles. The van der Waals surface area contributed by atoms with E-state index in [0.717, 1.165) is 16.1 Å².